The van der Waals surface area contributed by atoms with Crippen molar-refractivity contribution in [3.63, 3.8) is 0 Å². The Kier molecular flexibility index (Phi) is 7.03. The lowest BCUT2D eigenvalue weighted by atomic mass is 9.93. The second-order valence-corrected chi connectivity index (χ2v) is 7.46. The quantitative estimate of drug-likeness (QED) is 0.621. The van der Waals surface area contributed by atoms with Crippen LogP contribution in [0.15, 0.2) is 35.5 Å². The van der Waals surface area contributed by atoms with E-state index in [9.17, 15) is 14.0 Å². The molecule has 1 heterocycles. The summed E-state index contributed by atoms with van der Waals surface area (Å²) in [5.74, 6) is -0.643. The summed E-state index contributed by atoms with van der Waals surface area (Å²) in [4.78, 5) is 25.5. The van der Waals surface area contributed by atoms with Crippen LogP contribution >= 0.6 is 0 Å². The number of esters is 1. The number of benzene rings is 1. The lowest BCUT2D eigenvalue weighted by molar-refractivity contribution is -0.936. The van der Waals surface area contributed by atoms with E-state index >= 15 is 0 Å². The molecule has 1 aromatic carbocycles. The summed E-state index contributed by atoms with van der Waals surface area (Å²) in [5.41, 5.74) is 2.15. The summed E-state index contributed by atoms with van der Waals surface area (Å²) in [6.07, 6.45) is 5.86. The van der Waals surface area contributed by atoms with E-state index in [0.717, 1.165) is 18.4 Å². The third kappa shape index (κ3) is 5.32. The molecule has 0 aromatic heterocycles. The van der Waals surface area contributed by atoms with Gasteiger partial charge in [0.05, 0.1) is 30.5 Å². The highest BCUT2D eigenvalue weighted by atomic mass is 19.1. The highest BCUT2D eigenvalue weighted by molar-refractivity contribution is 5.93. The summed E-state index contributed by atoms with van der Waals surface area (Å²) in [6, 6.07) is 6.71. The number of carbonyl (C=O) groups excluding carboxylic acids is 2. The molecule has 3 N–H and O–H groups in total. The highest BCUT2D eigenvalue weighted by Gasteiger charge is 2.30. The van der Waals surface area contributed by atoms with Gasteiger partial charge in [0, 0.05) is 5.56 Å². The molecule has 6 nitrogen and oxygen atoms in total. The standard InChI is InChI=1S/C21H28FN3O3/c1-2-28-20(26)18-12-23-21(27)24-19(18)14-25(17-6-4-3-5-7-17)13-15-8-10-16(22)11-9-15/h8-11,17H,2-7,12-14H2,1H3,(H2,23,24,27)/p+1. The minimum atomic E-state index is -0.394. The van der Waals surface area contributed by atoms with Crippen LogP contribution < -0.4 is 15.5 Å². The zero-order valence-corrected chi connectivity index (χ0v) is 16.4. The number of rotatable bonds is 7. The molecule has 1 fully saturated rings. The summed E-state index contributed by atoms with van der Waals surface area (Å²) in [6.45, 7) is 3.48. The number of hydrogen-bond acceptors (Lipinski definition) is 3. The van der Waals surface area contributed by atoms with Gasteiger partial charge in [-0.1, -0.05) is 18.6 Å². The smallest absolute Gasteiger partial charge is 0.337 e. The van der Waals surface area contributed by atoms with Gasteiger partial charge in [0.25, 0.3) is 0 Å². The molecular formula is C21H29FN3O3+. The van der Waals surface area contributed by atoms with Crippen LogP contribution in [0.3, 0.4) is 0 Å². The van der Waals surface area contributed by atoms with Crippen molar-refractivity contribution in [1.82, 2.24) is 10.6 Å². The lowest BCUT2D eigenvalue weighted by Crippen LogP contribution is -3.15. The molecule has 0 radical (unpaired) electrons. The molecule has 2 aliphatic rings. The topological polar surface area (TPSA) is 71.9 Å². The first kappa shape index (κ1) is 20.3. The van der Waals surface area contributed by atoms with Crippen molar-refractivity contribution >= 4 is 12.0 Å². The van der Waals surface area contributed by atoms with E-state index in [4.69, 9.17) is 4.74 Å². The molecule has 1 atom stereocenters. The van der Waals surface area contributed by atoms with E-state index in [1.165, 1.54) is 36.3 Å². The predicted molar refractivity (Wildman–Crippen MR) is 103 cm³/mol. The average Bonchev–Trinajstić information content (AvgIpc) is 2.70. The molecule has 1 aromatic rings. The van der Waals surface area contributed by atoms with Crippen LogP contribution in [-0.4, -0.2) is 37.7 Å². The molecular weight excluding hydrogens is 361 g/mol. The molecule has 1 saturated carbocycles. The number of nitrogens with one attached hydrogen (secondary N) is 3. The van der Waals surface area contributed by atoms with Gasteiger partial charge in [-0.25, -0.2) is 14.0 Å². The van der Waals surface area contributed by atoms with Gasteiger partial charge < -0.3 is 20.3 Å². The predicted octanol–water partition coefficient (Wildman–Crippen LogP) is 1.67. The Labute approximate surface area is 165 Å². The van der Waals surface area contributed by atoms with Crippen molar-refractivity contribution in [2.45, 2.75) is 51.6 Å². The second kappa shape index (κ2) is 9.68. The molecule has 2 amide bonds. The molecule has 1 unspecified atom stereocenters. The van der Waals surface area contributed by atoms with Crippen molar-refractivity contribution in [2.24, 2.45) is 0 Å². The first-order chi connectivity index (χ1) is 13.6. The molecule has 152 valence electrons. The highest BCUT2D eigenvalue weighted by Crippen LogP contribution is 2.16. The van der Waals surface area contributed by atoms with E-state index in [1.54, 1.807) is 19.1 Å². The molecule has 1 aliphatic carbocycles. The zero-order chi connectivity index (χ0) is 19.9. The fourth-order valence-electron chi connectivity index (χ4n) is 4.05. The number of urea groups is 1. The van der Waals surface area contributed by atoms with E-state index < -0.39 is 5.97 Å². The Balaban J connectivity index is 1.84. The summed E-state index contributed by atoms with van der Waals surface area (Å²) in [7, 11) is 0. The van der Waals surface area contributed by atoms with Crippen LogP contribution in [0.25, 0.3) is 0 Å². The number of ether oxygens (including phenoxy) is 1. The van der Waals surface area contributed by atoms with Gasteiger partial charge in [0.2, 0.25) is 0 Å². The third-order valence-corrected chi connectivity index (χ3v) is 5.51. The first-order valence-corrected chi connectivity index (χ1v) is 10.1. The zero-order valence-electron chi connectivity index (χ0n) is 16.4. The van der Waals surface area contributed by atoms with E-state index in [-0.39, 0.29) is 18.4 Å². The van der Waals surface area contributed by atoms with Gasteiger partial charge in [-0.3, -0.25) is 0 Å². The molecule has 7 heteroatoms. The van der Waals surface area contributed by atoms with Crippen molar-refractivity contribution in [2.75, 3.05) is 19.7 Å². The average molecular weight is 390 g/mol. The third-order valence-electron chi connectivity index (χ3n) is 5.51. The molecule has 0 saturated heterocycles. The second-order valence-electron chi connectivity index (χ2n) is 7.46. The van der Waals surface area contributed by atoms with Gasteiger partial charge in [-0.15, -0.1) is 0 Å². The number of amides is 2. The van der Waals surface area contributed by atoms with Gasteiger partial charge in [0.15, 0.2) is 0 Å². The summed E-state index contributed by atoms with van der Waals surface area (Å²) >= 11 is 0. The van der Waals surface area contributed by atoms with E-state index in [2.05, 4.69) is 10.6 Å². The van der Waals surface area contributed by atoms with Gasteiger partial charge in [0.1, 0.15) is 18.9 Å². The molecule has 28 heavy (non-hydrogen) atoms. The van der Waals surface area contributed by atoms with Crippen molar-refractivity contribution in [3.8, 4) is 0 Å². The largest absolute Gasteiger partial charge is 0.463 e. The first-order valence-electron chi connectivity index (χ1n) is 10.1. The van der Waals surface area contributed by atoms with E-state index in [1.807, 2.05) is 0 Å². The van der Waals surface area contributed by atoms with Crippen LogP contribution in [0.5, 0.6) is 0 Å². The molecule has 0 spiro atoms. The van der Waals surface area contributed by atoms with Crippen LogP contribution in [-0.2, 0) is 16.1 Å². The normalized spacial score (nSPS) is 19.0. The maximum Gasteiger partial charge on any atom is 0.337 e. The molecule has 1 aliphatic heterocycles. The fourth-order valence-corrected chi connectivity index (χ4v) is 4.05. The Hall–Kier alpha value is -2.41. The van der Waals surface area contributed by atoms with Gasteiger partial charge >= 0.3 is 12.0 Å². The Morgan fingerprint density at radius 3 is 2.57 bits per heavy atom. The van der Waals surface area contributed by atoms with Crippen LogP contribution in [0, 0.1) is 5.82 Å². The van der Waals surface area contributed by atoms with Crippen molar-refractivity contribution < 1.29 is 23.6 Å². The number of halogens is 1. The van der Waals surface area contributed by atoms with E-state index in [0.29, 0.717) is 37.0 Å². The number of carbonyl (C=O) groups is 2. The van der Waals surface area contributed by atoms with Crippen LogP contribution in [0.2, 0.25) is 0 Å². The maximum atomic E-state index is 13.3. The SMILES string of the molecule is CCOC(=O)C1=C(C[NH+](Cc2ccc(F)cc2)C2CCCCC2)NC(=O)NC1. The van der Waals surface area contributed by atoms with Gasteiger partial charge in [-0.2, -0.15) is 0 Å². The Morgan fingerprint density at radius 2 is 1.89 bits per heavy atom. The maximum absolute atomic E-state index is 13.3. The molecule has 3 rings (SSSR count). The Bertz CT molecular complexity index is 727. The fraction of sp³-hybridized carbons (Fsp3) is 0.524. The van der Waals surface area contributed by atoms with Crippen LogP contribution in [0.4, 0.5) is 9.18 Å². The minimum Gasteiger partial charge on any atom is -0.463 e. The molecule has 0 bridgehead atoms. The lowest BCUT2D eigenvalue weighted by Gasteiger charge is -2.33. The Morgan fingerprint density at radius 1 is 1.18 bits per heavy atom. The van der Waals surface area contributed by atoms with Crippen molar-refractivity contribution in [3.05, 3.63) is 46.9 Å². The van der Waals surface area contributed by atoms with Crippen molar-refractivity contribution in [1.29, 1.82) is 0 Å². The van der Waals surface area contributed by atoms with Gasteiger partial charge in [-0.05, 0) is 44.7 Å². The summed E-state index contributed by atoms with van der Waals surface area (Å²) in [5, 5.41) is 5.47. The van der Waals surface area contributed by atoms with Crippen LogP contribution in [0.1, 0.15) is 44.6 Å². The monoisotopic (exact) mass is 390 g/mol. The minimum absolute atomic E-state index is 0.175. The summed E-state index contributed by atoms with van der Waals surface area (Å²) < 4.78 is 18.5. The number of quaternary nitrogens is 1. The number of hydrogen-bond donors (Lipinski definition) is 3.